The Labute approximate surface area is 230 Å². The second kappa shape index (κ2) is 14.2. The molecule has 0 saturated heterocycles. The van der Waals surface area contributed by atoms with Crippen molar-refractivity contribution in [2.24, 2.45) is 11.5 Å². The molecule has 0 radical (unpaired) electrons. The SMILES string of the molecule is CC.CC1=C(/C=C(\C)CN2CC=C(c3c(F)cc(C(=O)N(C)C)cc3F)CC2)/C(=C(N)/C=C\C(=N)N)C=CN1. The molecule has 1 amide bonds. The van der Waals surface area contributed by atoms with Gasteiger partial charge in [-0.1, -0.05) is 31.6 Å². The zero-order valence-electron chi connectivity index (χ0n) is 23.7. The highest BCUT2D eigenvalue weighted by molar-refractivity contribution is 5.94. The third-order valence-electron chi connectivity index (χ3n) is 6.17. The van der Waals surface area contributed by atoms with Gasteiger partial charge < -0.3 is 21.7 Å². The molecule has 2 aliphatic rings. The van der Waals surface area contributed by atoms with E-state index in [0.29, 0.717) is 37.3 Å². The zero-order chi connectivity index (χ0) is 29.3. The zero-order valence-corrected chi connectivity index (χ0v) is 23.7. The molecule has 0 spiro atoms. The maximum Gasteiger partial charge on any atom is 0.253 e. The van der Waals surface area contributed by atoms with Crippen LogP contribution in [0.2, 0.25) is 0 Å². The Balaban J connectivity index is 0.00000260. The van der Waals surface area contributed by atoms with Crippen molar-refractivity contribution < 1.29 is 13.6 Å². The van der Waals surface area contributed by atoms with Crippen molar-refractivity contribution in [3.8, 4) is 0 Å². The van der Waals surface area contributed by atoms with Crippen LogP contribution in [0.3, 0.4) is 0 Å². The first-order valence-corrected chi connectivity index (χ1v) is 12.9. The van der Waals surface area contributed by atoms with E-state index >= 15 is 0 Å². The highest BCUT2D eigenvalue weighted by Gasteiger charge is 2.22. The fourth-order valence-corrected chi connectivity index (χ4v) is 4.31. The van der Waals surface area contributed by atoms with Gasteiger partial charge in [0.25, 0.3) is 5.91 Å². The molecule has 2 heterocycles. The third kappa shape index (κ3) is 8.25. The van der Waals surface area contributed by atoms with Gasteiger partial charge >= 0.3 is 0 Å². The van der Waals surface area contributed by atoms with Crippen LogP contribution in [0.4, 0.5) is 8.78 Å². The van der Waals surface area contributed by atoms with Crippen molar-refractivity contribution in [2.45, 2.75) is 34.1 Å². The lowest BCUT2D eigenvalue weighted by atomic mass is 9.95. The van der Waals surface area contributed by atoms with Crippen molar-refractivity contribution in [3.05, 3.63) is 99.6 Å². The summed E-state index contributed by atoms with van der Waals surface area (Å²) in [7, 11) is 3.08. The molecule has 0 aliphatic carbocycles. The van der Waals surface area contributed by atoms with Crippen LogP contribution in [0, 0.1) is 17.0 Å². The number of dihydropyridines is 1. The van der Waals surface area contributed by atoms with Crippen LogP contribution < -0.4 is 16.8 Å². The van der Waals surface area contributed by atoms with Crippen LogP contribution in [0.1, 0.15) is 50.0 Å². The number of benzene rings is 1. The number of halogens is 2. The van der Waals surface area contributed by atoms with Gasteiger partial charge in [0.2, 0.25) is 0 Å². The quantitative estimate of drug-likeness (QED) is 0.294. The maximum atomic E-state index is 14.8. The summed E-state index contributed by atoms with van der Waals surface area (Å²) in [6.45, 7) is 9.83. The van der Waals surface area contributed by atoms with Gasteiger partial charge in [0, 0.05) is 73.6 Å². The summed E-state index contributed by atoms with van der Waals surface area (Å²) < 4.78 is 29.6. The average molecular weight is 539 g/mol. The van der Waals surface area contributed by atoms with E-state index in [1.54, 1.807) is 6.08 Å². The van der Waals surface area contributed by atoms with E-state index in [0.717, 1.165) is 34.5 Å². The first-order valence-electron chi connectivity index (χ1n) is 12.9. The number of carbonyl (C=O) groups is 1. The lowest BCUT2D eigenvalue weighted by Gasteiger charge is -2.27. The fourth-order valence-electron chi connectivity index (χ4n) is 4.31. The van der Waals surface area contributed by atoms with E-state index < -0.39 is 17.5 Å². The topological polar surface area (TPSA) is 111 Å². The van der Waals surface area contributed by atoms with Crippen LogP contribution >= 0.6 is 0 Å². The highest BCUT2D eigenvalue weighted by Crippen LogP contribution is 2.29. The maximum absolute atomic E-state index is 14.8. The van der Waals surface area contributed by atoms with Crippen molar-refractivity contribution in [1.82, 2.24) is 15.1 Å². The lowest BCUT2D eigenvalue weighted by Crippen LogP contribution is -2.30. The predicted molar refractivity (Wildman–Crippen MR) is 156 cm³/mol. The molecule has 0 saturated carbocycles. The summed E-state index contributed by atoms with van der Waals surface area (Å²) in [5.74, 6) is -1.97. The summed E-state index contributed by atoms with van der Waals surface area (Å²) in [6.07, 6.45) is 11.1. The van der Waals surface area contributed by atoms with Crippen molar-refractivity contribution in [3.63, 3.8) is 0 Å². The Bertz CT molecular complexity index is 1260. The molecule has 3 rings (SSSR count). The van der Waals surface area contributed by atoms with Gasteiger partial charge in [-0.2, -0.15) is 0 Å². The van der Waals surface area contributed by atoms with Crippen LogP contribution in [0.15, 0.2) is 76.8 Å². The van der Waals surface area contributed by atoms with Gasteiger partial charge in [0.05, 0.1) is 0 Å². The van der Waals surface area contributed by atoms with E-state index in [1.165, 1.54) is 25.1 Å². The Hall–Kier alpha value is -3.98. The molecule has 0 fully saturated rings. The molecule has 210 valence electrons. The van der Waals surface area contributed by atoms with Gasteiger partial charge in [-0.05, 0) is 56.2 Å². The molecule has 2 aliphatic heterocycles. The minimum Gasteiger partial charge on any atom is -0.398 e. The Kier molecular flexibility index (Phi) is 11.4. The molecule has 6 N–H and O–H groups in total. The van der Waals surface area contributed by atoms with Crippen molar-refractivity contribution in [1.29, 1.82) is 5.41 Å². The third-order valence-corrected chi connectivity index (χ3v) is 6.17. The van der Waals surface area contributed by atoms with Crippen LogP contribution in [-0.4, -0.2) is 55.3 Å². The number of carbonyl (C=O) groups excluding carboxylic acids is 1. The van der Waals surface area contributed by atoms with E-state index in [9.17, 15) is 13.6 Å². The first kappa shape index (κ1) is 31.2. The normalized spacial score (nSPS) is 17.3. The predicted octanol–water partition coefficient (Wildman–Crippen LogP) is 4.82. The number of allylic oxidation sites excluding steroid dienone is 6. The van der Waals surface area contributed by atoms with Gasteiger partial charge in [0.1, 0.15) is 17.5 Å². The molecule has 0 bridgehead atoms. The largest absolute Gasteiger partial charge is 0.398 e. The summed E-state index contributed by atoms with van der Waals surface area (Å²) in [4.78, 5) is 15.6. The second-order valence-corrected chi connectivity index (χ2v) is 9.39. The number of amides is 1. The van der Waals surface area contributed by atoms with Gasteiger partial charge in [-0.3, -0.25) is 15.1 Å². The van der Waals surface area contributed by atoms with Crippen molar-refractivity contribution in [2.75, 3.05) is 33.7 Å². The smallest absolute Gasteiger partial charge is 0.253 e. The Morgan fingerprint density at radius 3 is 2.36 bits per heavy atom. The molecule has 1 aromatic rings. The molecular formula is C30H40F2N6O. The molecule has 9 heteroatoms. The number of nitrogens with two attached hydrogens (primary N) is 2. The molecule has 1 aromatic carbocycles. The molecule has 0 atom stereocenters. The average Bonchev–Trinajstić information content (AvgIpc) is 2.89. The van der Waals surface area contributed by atoms with Gasteiger partial charge in [-0.25, -0.2) is 8.78 Å². The Morgan fingerprint density at radius 2 is 1.82 bits per heavy atom. The molecule has 39 heavy (non-hydrogen) atoms. The summed E-state index contributed by atoms with van der Waals surface area (Å²) in [5, 5.41) is 10.6. The van der Waals surface area contributed by atoms with Gasteiger partial charge in [-0.15, -0.1) is 0 Å². The lowest BCUT2D eigenvalue weighted by molar-refractivity contribution is 0.0826. The van der Waals surface area contributed by atoms with E-state index in [-0.39, 0.29) is 17.0 Å². The monoisotopic (exact) mass is 538 g/mol. The minimum atomic E-state index is -0.725. The first-order chi connectivity index (χ1) is 18.5. The van der Waals surface area contributed by atoms with Crippen LogP contribution in [0.25, 0.3) is 5.57 Å². The molecule has 0 unspecified atom stereocenters. The molecular weight excluding hydrogens is 498 g/mol. The fraction of sp³-hybridized carbons (Fsp3) is 0.333. The highest BCUT2D eigenvalue weighted by atomic mass is 19.1. The van der Waals surface area contributed by atoms with E-state index in [2.05, 4.69) is 16.3 Å². The van der Waals surface area contributed by atoms with E-state index in [1.807, 2.05) is 46.0 Å². The molecule has 0 aromatic heterocycles. The summed E-state index contributed by atoms with van der Waals surface area (Å²) in [6, 6.07) is 2.21. The number of amidine groups is 1. The number of nitrogens with one attached hydrogen (secondary N) is 2. The van der Waals surface area contributed by atoms with E-state index in [4.69, 9.17) is 16.9 Å². The standard InChI is InChI=1S/C28H34F2N6O.C2H6/c1-17(13-22-18(2)34-10-7-21(22)25(31)5-6-26(32)33)16-36-11-8-19(9-12-36)27-23(29)14-20(15-24(27)30)28(37)35(3)4;1-2/h5-8,10,13-15,34H,9,11-12,16,31H2,1-4H3,(H3,32,33);1-2H3/b6-5-,17-13+,25-21-;. The number of nitrogens with zero attached hydrogens (tertiary/aromatic N) is 2. The summed E-state index contributed by atoms with van der Waals surface area (Å²) in [5.41, 5.74) is 16.5. The van der Waals surface area contributed by atoms with Gasteiger partial charge in [0.15, 0.2) is 0 Å². The molecule has 7 nitrogen and oxygen atoms in total. The minimum absolute atomic E-state index is 0.00923. The van der Waals surface area contributed by atoms with Crippen molar-refractivity contribution >= 4 is 17.3 Å². The Morgan fingerprint density at radius 1 is 1.18 bits per heavy atom. The van der Waals surface area contributed by atoms with Crippen LogP contribution in [-0.2, 0) is 0 Å². The van der Waals surface area contributed by atoms with Crippen LogP contribution in [0.5, 0.6) is 0 Å². The number of hydrogen-bond acceptors (Lipinski definition) is 5. The second-order valence-electron chi connectivity index (χ2n) is 9.39. The summed E-state index contributed by atoms with van der Waals surface area (Å²) >= 11 is 0. The number of hydrogen-bond donors (Lipinski definition) is 4. The number of rotatable bonds is 7.